The Morgan fingerprint density at radius 2 is 1.86 bits per heavy atom. The lowest BCUT2D eigenvalue weighted by molar-refractivity contribution is -0.272. The van der Waals surface area contributed by atoms with Crippen molar-refractivity contribution in [3.8, 4) is 0 Å². The molecule has 5 fully saturated rings. The zero-order valence-corrected chi connectivity index (χ0v) is 23.4. The van der Waals surface area contributed by atoms with Crippen molar-refractivity contribution < 1.29 is 28.5 Å². The molecule has 6 nitrogen and oxygen atoms in total. The first-order valence-corrected chi connectivity index (χ1v) is 14.9. The monoisotopic (exact) mass is 514 g/mol. The summed E-state index contributed by atoms with van der Waals surface area (Å²) in [5.74, 6) is 2.48. The number of carbonyl (C=O) groups is 2. The smallest absolute Gasteiger partial charge is 0.302 e. The number of hydrogen-bond acceptors (Lipinski definition) is 6. The number of rotatable bonds is 3. The molecule has 0 aromatic carbocycles. The summed E-state index contributed by atoms with van der Waals surface area (Å²) < 4.78 is 24.8. The van der Waals surface area contributed by atoms with Gasteiger partial charge in [0.15, 0.2) is 5.79 Å². The van der Waals surface area contributed by atoms with Crippen molar-refractivity contribution in [1.29, 1.82) is 0 Å². The quantitative estimate of drug-likeness (QED) is 0.349. The van der Waals surface area contributed by atoms with E-state index in [1.54, 1.807) is 0 Å². The highest BCUT2D eigenvalue weighted by Gasteiger charge is 2.69. The predicted molar refractivity (Wildman–Crippen MR) is 138 cm³/mol. The Kier molecular flexibility index (Phi) is 6.34. The molecule has 0 bridgehead atoms. The lowest BCUT2D eigenvalue weighted by Crippen LogP contribution is -2.54. The minimum Gasteiger partial charge on any atom is -0.465 e. The van der Waals surface area contributed by atoms with E-state index >= 15 is 0 Å². The third-order valence-corrected chi connectivity index (χ3v) is 11.9. The Balaban J connectivity index is 1.27. The Labute approximate surface area is 222 Å². The van der Waals surface area contributed by atoms with Gasteiger partial charge in [-0.05, 0) is 80.0 Å². The molecule has 3 saturated carbocycles. The van der Waals surface area contributed by atoms with E-state index in [0.717, 1.165) is 51.6 Å². The summed E-state index contributed by atoms with van der Waals surface area (Å²) in [4.78, 5) is 23.6. The van der Waals surface area contributed by atoms with E-state index in [4.69, 9.17) is 18.9 Å². The van der Waals surface area contributed by atoms with Crippen LogP contribution >= 0.6 is 0 Å². The largest absolute Gasteiger partial charge is 0.465 e. The van der Waals surface area contributed by atoms with Crippen LogP contribution in [0.5, 0.6) is 0 Å². The van der Waals surface area contributed by atoms with E-state index < -0.39 is 0 Å². The van der Waals surface area contributed by atoms with Gasteiger partial charge in [0.2, 0.25) is 0 Å². The van der Waals surface area contributed by atoms with Crippen LogP contribution in [0, 0.1) is 46.3 Å². The molecule has 206 valence electrons. The Morgan fingerprint density at radius 3 is 2.57 bits per heavy atom. The van der Waals surface area contributed by atoms with Gasteiger partial charge in [-0.15, -0.1) is 0 Å². The second kappa shape index (κ2) is 9.08. The summed E-state index contributed by atoms with van der Waals surface area (Å²) in [7, 11) is 0. The number of allylic oxidation sites excluding steroid dienone is 1. The number of ether oxygens (including phenoxy) is 4. The van der Waals surface area contributed by atoms with Crippen LogP contribution in [-0.2, 0) is 28.5 Å². The van der Waals surface area contributed by atoms with Gasteiger partial charge in [-0.3, -0.25) is 9.59 Å². The molecular weight excluding hydrogens is 468 g/mol. The summed E-state index contributed by atoms with van der Waals surface area (Å²) in [5, 5.41) is 0. The van der Waals surface area contributed by atoms with Gasteiger partial charge in [-0.1, -0.05) is 32.4 Å². The van der Waals surface area contributed by atoms with Crippen LogP contribution in [0.1, 0.15) is 92.4 Å². The fraction of sp³-hybridized carbons (Fsp3) is 0.871. The molecule has 11 atom stereocenters. The van der Waals surface area contributed by atoms with Gasteiger partial charge in [0, 0.05) is 38.0 Å². The van der Waals surface area contributed by atoms with Gasteiger partial charge in [0.25, 0.3) is 0 Å². The van der Waals surface area contributed by atoms with Crippen molar-refractivity contribution in [2.45, 2.75) is 110 Å². The molecule has 2 heterocycles. The van der Waals surface area contributed by atoms with Crippen molar-refractivity contribution in [3.63, 3.8) is 0 Å². The van der Waals surface area contributed by atoms with Crippen molar-refractivity contribution >= 4 is 11.9 Å². The first kappa shape index (κ1) is 25.9. The maximum atomic E-state index is 12.0. The molecule has 37 heavy (non-hydrogen) atoms. The molecule has 0 N–H and O–H groups in total. The molecule has 4 aliphatic carbocycles. The normalized spacial score (nSPS) is 50.4. The molecule has 0 aromatic heterocycles. The molecule has 6 aliphatic rings. The van der Waals surface area contributed by atoms with E-state index in [0.29, 0.717) is 42.1 Å². The lowest BCUT2D eigenvalue weighted by atomic mass is 9.46. The molecule has 1 spiro atoms. The molecule has 2 saturated heterocycles. The summed E-state index contributed by atoms with van der Waals surface area (Å²) in [6.07, 6.45) is 12.0. The summed E-state index contributed by atoms with van der Waals surface area (Å²) >= 11 is 0. The van der Waals surface area contributed by atoms with Crippen LogP contribution < -0.4 is 0 Å². The molecular formula is C31H46O6. The third kappa shape index (κ3) is 3.94. The topological polar surface area (TPSA) is 71.1 Å². The highest BCUT2D eigenvalue weighted by atomic mass is 16.7. The van der Waals surface area contributed by atoms with Crippen LogP contribution in [0.25, 0.3) is 0 Å². The average molecular weight is 515 g/mol. The highest BCUT2D eigenvalue weighted by Crippen LogP contribution is 2.70. The Morgan fingerprint density at radius 1 is 1.05 bits per heavy atom. The first-order valence-electron chi connectivity index (χ1n) is 14.9. The van der Waals surface area contributed by atoms with Crippen molar-refractivity contribution in [3.05, 3.63) is 11.6 Å². The van der Waals surface area contributed by atoms with Gasteiger partial charge in [-0.2, -0.15) is 0 Å². The van der Waals surface area contributed by atoms with Crippen molar-refractivity contribution in [2.75, 3.05) is 13.2 Å². The summed E-state index contributed by atoms with van der Waals surface area (Å²) in [6, 6.07) is 0. The van der Waals surface area contributed by atoms with Crippen LogP contribution in [0.3, 0.4) is 0 Å². The molecule has 0 aromatic rings. The van der Waals surface area contributed by atoms with E-state index in [1.807, 2.05) is 0 Å². The fourth-order valence-corrected chi connectivity index (χ4v) is 10.3. The lowest BCUT2D eigenvalue weighted by Gasteiger charge is -2.59. The predicted octanol–water partition coefficient (Wildman–Crippen LogP) is 5.83. The highest BCUT2D eigenvalue weighted by molar-refractivity contribution is 5.66. The number of esters is 2. The van der Waals surface area contributed by atoms with Crippen molar-refractivity contribution in [2.24, 2.45) is 46.3 Å². The molecule has 6 heteroatoms. The number of hydrogen-bond donors (Lipinski definition) is 0. The summed E-state index contributed by atoms with van der Waals surface area (Å²) in [6.45, 7) is 11.5. The number of fused-ring (bicyclic) bond motifs is 7. The van der Waals surface area contributed by atoms with Gasteiger partial charge in [-0.25, -0.2) is 0 Å². The minimum absolute atomic E-state index is 0.0610. The van der Waals surface area contributed by atoms with E-state index in [-0.39, 0.29) is 40.8 Å². The number of carbonyl (C=O) groups excluding carboxylic acids is 2. The van der Waals surface area contributed by atoms with Crippen LogP contribution in [0.2, 0.25) is 0 Å². The van der Waals surface area contributed by atoms with E-state index in [9.17, 15) is 9.59 Å². The zero-order valence-electron chi connectivity index (χ0n) is 23.4. The summed E-state index contributed by atoms with van der Waals surface area (Å²) in [5.41, 5.74) is 1.49. The van der Waals surface area contributed by atoms with Crippen LogP contribution in [0.15, 0.2) is 11.6 Å². The van der Waals surface area contributed by atoms with Gasteiger partial charge >= 0.3 is 11.9 Å². The third-order valence-electron chi connectivity index (χ3n) is 11.9. The second-order valence-electron chi connectivity index (χ2n) is 13.8. The van der Waals surface area contributed by atoms with E-state index in [1.165, 1.54) is 32.3 Å². The maximum absolute atomic E-state index is 12.0. The standard InChI is InChI=1S/C31H46O6/c1-18-8-13-31(35-16-18)19(2)28-27(37-31)15-26-24-7-6-22-14-23(36-21(4)33)9-12-30(22,17-34-20(3)32)25(24)10-11-29(26,28)5/h6,18-19,23-28H,7-17H2,1-5H3/t18-,19+,23+,24-,25+,26+,27+,28+,29+,30-,31-/m1/s1. The molecule has 0 radical (unpaired) electrons. The molecule has 0 unspecified atom stereocenters. The zero-order chi connectivity index (χ0) is 26.2. The minimum atomic E-state index is -0.377. The SMILES string of the molecule is CC(=O)OC[C@]12CC[C@H](OC(C)=O)CC1=CC[C@@H]1[C@@H]2CC[C@]2(C)[C@@H]3[C@H](C[C@@H]12)O[C@]1(CC[C@@H](C)CO1)[C@H]3C. The maximum Gasteiger partial charge on any atom is 0.302 e. The van der Waals surface area contributed by atoms with Crippen molar-refractivity contribution in [1.82, 2.24) is 0 Å². The molecule has 6 rings (SSSR count). The van der Waals surface area contributed by atoms with Crippen LogP contribution in [0.4, 0.5) is 0 Å². The Hall–Kier alpha value is -1.40. The molecule has 0 amide bonds. The van der Waals surface area contributed by atoms with Gasteiger partial charge < -0.3 is 18.9 Å². The van der Waals surface area contributed by atoms with Crippen LogP contribution in [-0.4, -0.2) is 43.1 Å². The van der Waals surface area contributed by atoms with E-state index in [2.05, 4.69) is 26.8 Å². The molecule has 2 aliphatic heterocycles. The van der Waals surface area contributed by atoms with Gasteiger partial charge in [0.05, 0.1) is 12.7 Å². The average Bonchev–Trinajstić information content (AvgIpc) is 3.29. The Bertz CT molecular complexity index is 965. The fourth-order valence-electron chi connectivity index (χ4n) is 10.3. The van der Waals surface area contributed by atoms with Gasteiger partial charge in [0.1, 0.15) is 12.7 Å². The second-order valence-corrected chi connectivity index (χ2v) is 13.8. The first-order chi connectivity index (χ1) is 17.6.